The first-order chi connectivity index (χ1) is 8.22. The molecule has 0 aliphatic carbocycles. The molecule has 0 saturated carbocycles. The molecule has 92 valence electrons. The average Bonchev–Trinajstić information content (AvgIpc) is 2.97. The zero-order chi connectivity index (χ0) is 12.3. The van der Waals surface area contributed by atoms with Crippen molar-refractivity contribution in [3.8, 4) is 0 Å². The third-order valence-electron chi connectivity index (χ3n) is 2.36. The molecule has 0 radical (unpaired) electrons. The van der Waals surface area contributed by atoms with Gasteiger partial charge in [-0.15, -0.1) is 16.7 Å². The van der Waals surface area contributed by atoms with Crippen LogP contribution >= 0.6 is 11.6 Å². The van der Waals surface area contributed by atoms with Crippen LogP contribution in [-0.2, 0) is 13.0 Å². The van der Waals surface area contributed by atoms with Gasteiger partial charge < -0.3 is 4.52 Å². The maximum absolute atomic E-state index is 6.07. The van der Waals surface area contributed by atoms with E-state index in [0.717, 1.165) is 18.5 Å². The first-order valence-corrected chi connectivity index (χ1v) is 6.02. The zero-order valence-corrected chi connectivity index (χ0v) is 10.6. The van der Waals surface area contributed by atoms with E-state index in [1.54, 1.807) is 10.9 Å². The number of halogens is 1. The number of aryl methyl sites for hydroxylation is 1. The summed E-state index contributed by atoms with van der Waals surface area (Å²) in [4.78, 5) is 4.20. The first kappa shape index (κ1) is 12.0. The van der Waals surface area contributed by atoms with Gasteiger partial charge in [0.15, 0.2) is 5.82 Å². The Morgan fingerprint density at radius 3 is 2.94 bits per heavy atom. The molecule has 0 bridgehead atoms. The largest absolute Gasteiger partial charge is 0.337 e. The first-order valence-electron chi connectivity index (χ1n) is 5.58. The molecule has 0 saturated heterocycles. The topological polar surface area (TPSA) is 69.6 Å². The van der Waals surface area contributed by atoms with E-state index in [1.807, 2.05) is 13.8 Å². The van der Waals surface area contributed by atoms with Crippen molar-refractivity contribution in [2.24, 2.45) is 0 Å². The molecule has 0 N–H and O–H groups in total. The molecule has 0 aliphatic heterocycles. The fourth-order valence-electron chi connectivity index (χ4n) is 1.38. The van der Waals surface area contributed by atoms with E-state index in [1.165, 1.54) is 0 Å². The Morgan fingerprint density at radius 1 is 1.47 bits per heavy atom. The van der Waals surface area contributed by atoms with Crippen molar-refractivity contribution in [2.75, 3.05) is 0 Å². The molecule has 1 atom stereocenters. The Hall–Kier alpha value is -1.43. The number of aromatic nitrogens is 5. The van der Waals surface area contributed by atoms with Crippen LogP contribution in [0.3, 0.4) is 0 Å². The highest BCUT2D eigenvalue weighted by molar-refractivity contribution is 6.20. The number of rotatable bonds is 5. The van der Waals surface area contributed by atoms with Gasteiger partial charge in [-0.3, -0.25) is 0 Å². The van der Waals surface area contributed by atoms with Crippen molar-refractivity contribution in [3.63, 3.8) is 0 Å². The summed E-state index contributed by atoms with van der Waals surface area (Å²) in [5.41, 5.74) is 0.768. The summed E-state index contributed by atoms with van der Waals surface area (Å²) in [5.74, 6) is 1.23. The van der Waals surface area contributed by atoms with Gasteiger partial charge in [-0.05, 0) is 6.42 Å². The van der Waals surface area contributed by atoms with E-state index in [9.17, 15) is 0 Å². The van der Waals surface area contributed by atoms with Gasteiger partial charge >= 0.3 is 0 Å². The normalized spacial score (nSPS) is 12.9. The molecule has 0 fully saturated rings. The maximum Gasteiger partial charge on any atom is 0.248 e. The fourth-order valence-corrected chi connectivity index (χ4v) is 1.48. The summed E-state index contributed by atoms with van der Waals surface area (Å²) in [6.07, 6.45) is 3.38. The molecular weight excluding hydrogens is 242 g/mol. The molecule has 7 heteroatoms. The molecule has 17 heavy (non-hydrogen) atoms. The predicted octanol–water partition coefficient (Wildman–Crippen LogP) is 1.96. The van der Waals surface area contributed by atoms with Crippen LogP contribution in [0.1, 0.15) is 43.1 Å². The second kappa shape index (κ2) is 5.27. The van der Waals surface area contributed by atoms with Crippen LogP contribution in [0.25, 0.3) is 0 Å². The SMILES string of the molecule is CCc1noc(Cn2cc(C(Cl)CC)nn2)n1. The average molecular weight is 256 g/mol. The van der Waals surface area contributed by atoms with Crippen LogP contribution in [0.4, 0.5) is 0 Å². The molecular formula is C10H14ClN5O. The van der Waals surface area contributed by atoms with E-state index < -0.39 is 0 Å². The highest BCUT2D eigenvalue weighted by atomic mass is 35.5. The van der Waals surface area contributed by atoms with Gasteiger partial charge in [0.25, 0.3) is 0 Å². The molecule has 6 nitrogen and oxygen atoms in total. The lowest BCUT2D eigenvalue weighted by atomic mass is 10.3. The van der Waals surface area contributed by atoms with Gasteiger partial charge in [-0.2, -0.15) is 4.98 Å². The van der Waals surface area contributed by atoms with Gasteiger partial charge in [0.05, 0.1) is 11.6 Å². The number of alkyl halides is 1. The standard InChI is InChI=1S/C10H14ClN5O/c1-3-7(11)8-5-16(15-13-8)6-10-12-9(4-2)14-17-10/h5,7H,3-4,6H2,1-2H3. The highest BCUT2D eigenvalue weighted by Crippen LogP contribution is 2.20. The minimum Gasteiger partial charge on any atom is -0.337 e. The van der Waals surface area contributed by atoms with Crippen LogP contribution in [0.5, 0.6) is 0 Å². The molecule has 2 rings (SSSR count). The van der Waals surface area contributed by atoms with Crippen LogP contribution in [0.15, 0.2) is 10.7 Å². The minimum absolute atomic E-state index is 0.0994. The van der Waals surface area contributed by atoms with Gasteiger partial charge in [-0.1, -0.05) is 24.2 Å². The molecule has 2 aromatic heterocycles. The monoisotopic (exact) mass is 255 g/mol. The van der Waals surface area contributed by atoms with E-state index >= 15 is 0 Å². The van der Waals surface area contributed by atoms with E-state index in [0.29, 0.717) is 18.3 Å². The second-order valence-corrected chi connectivity index (χ2v) is 4.20. The van der Waals surface area contributed by atoms with Crippen LogP contribution in [0, 0.1) is 0 Å². The van der Waals surface area contributed by atoms with Crippen molar-refractivity contribution < 1.29 is 4.52 Å². The van der Waals surface area contributed by atoms with Crippen molar-refractivity contribution in [1.29, 1.82) is 0 Å². The summed E-state index contributed by atoms with van der Waals surface area (Å²) in [6.45, 7) is 4.40. The van der Waals surface area contributed by atoms with Gasteiger partial charge in [-0.25, -0.2) is 4.68 Å². The fraction of sp³-hybridized carbons (Fsp3) is 0.600. The van der Waals surface area contributed by atoms with Crippen molar-refractivity contribution in [3.05, 3.63) is 23.6 Å². The summed E-state index contributed by atoms with van der Waals surface area (Å²) in [6, 6.07) is 0. The summed E-state index contributed by atoms with van der Waals surface area (Å²) in [5, 5.41) is 11.7. The molecule has 1 unspecified atom stereocenters. The Balaban J connectivity index is 2.06. The minimum atomic E-state index is -0.0994. The van der Waals surface area contributed by atoms with Crippen molar-refractivity contribution >= 4 is 11.6 Å². The molecule has 2 aromatic rings. The molecule has 0 aliphatic rings. The molecule has 2 heterocycles. The van der Waals surface area contributed by atoms with Crippen LogP contribution in [-0.4, -0.2) is 25.1 Å². The Kier molecular flexibility index (Phi) is 3.73. The second-order valence-electron chi connectivity index (χ2n) is 3.67. The van der Waals surface area contributed by atoms with E-state index in [2.05, 4.69) is 20.5 Å². The van der Waals surface area contributed by atoms with Gasteiger partial charge in [0.1, 0.15) is 12.2 Å². The van der Waals surface area contributed by atoms with Crippen LogP contribution < -0.4 is 0 Å². The predicted molar refractivity (Wildman–Crippen MR) is 61.7 cm³/mol. The van der Waals surface area contributed by atoms with E-state index in [-0.39, 0.29) is 5.38 Å². The quantitative estimate of drug-likeness (QED) is 0.764. The third-order valence-corrected chi connectivity index (χ3v) is 2.89. The maximum atomic E-state index is 6.07. The highest BCUT2D eigenvalue weighted by Gasteiger charge is 2.12. The Labute approximate surface area is 104 Å². The third kappa shape index (κ3) is 2.82. The molecule has 0 spiro atoms. The van der Waals surface area contributed by atoms with E-state index in [4.69, 9.17) is 16.1 Å². The number of hydrogen-bond acceptors (Lipinski definition) is 5. The van der Waals surface area contributed by atoms with Gasteiger partial charge in [0, 0.05) is 6.42 Å². The summed E-state index contributed by atoms with van der Waals surface area (Å²) >= 11 is 6.07. The molecule has 0 aromatic carbocycles. The summed E-state index contributed by atoms with van der Waals surface area (Å²) in [7, 11) is 0. The lowest BCUT2D eigenvalue weighted by Gasteiger charge is -1.98. The smallest absolute Gasteiger partial charge is 0.248 e. The van der Waals surface area contributed by atoms with Crippen molar-refractivity contribution in [2.45, 2.75) is 38.6 Å². The number of hydrogen-bond donors (Lipinski definition) is 0. The Morgan fingerprint density at radius 2 is 2.29 bits per heavy atom. The van der Waals surface area contributed by atoms with Crippen molar-refractivity contribution in [1.82, 2.24) is 25.1 Å². The Bertz CT molecular complexity index is 481. The number of nitrogens with zero attached hydrogens (tertiary/aromatic N) is 5. The van der Waals surface area contributed by atoms with Crippen LogP contribution in [0.2, 0.25) is 0 Å². The molecule has 0 amide bonds. The lowest BCUT2D eigenvalue weighted by molar-refractivity contribution is 0.360. The zero-order valence-electron chi connectivity index (χ0n) is 9.80. The summed E-state index contributed by atoms with van der Waals surface area (Å²) < 4.78 is 6.72. The lowest BCUT2D eigenvalue weighted by Crippen LogP contribution is -2.00. The van der Waals surface area contributed by atoms with Gasteiger partial charge in [0.2, 0.25) is 5.89 Å².